The second-order valence-electron chi connectivity index (χ2n) is 4.52. The van der Waals surface area contributed by atoms with E-state index in [2.05, 4.69) is 76.0 Å². The van der Waals surface area contributed by atoms with Crippen molar-refractivity contribution >= 4 is 43.7 Å². The molecule has 1 N–H and O–H groups in total. The average molecular weight is 332 g/mol. The van der Waals surface area contributed by atoms with Crippen LogP contribution in [0.25, 0.3) is 10.8 Å². The number of anilines is 1. The molecule has 0 saturated heterocycles. The summed E-state index contributed by atoms with van der Waals surface area (Å²) in [6.45, 7) is 3.04. The van der Waals surface area contributed by atoms with Crippen LogP contribution in [0.3, 0.4) is 0 Å². The molecule has 1 heterocycles. The van der Waals surface area contributed by atoms with Crippen LogP contribution >= 0.6 is 27.3 Å². The van der Waals surface area contributed by atoms with Crippen molar-refractivity contribution in [3.05, 3.63) is 62.8 Å². The molecule has 1 aromatic heterocycles. The van der Waals surface area contributed by atoms with Crippen LogP contribution in [0.4, 0.5) is 5.69 Å². The molecule has 19 heavy (non-hydrogen) atoms. The third kappa shape index (κ3) is 2.53. The van der Waals surface area contributed by atoms with E-state index in [9.17, 15) is 0 Å². The Morgan fingerprint density at radius 3 is 2.58 bits per heavy atom. The zero-order chi connectivity index (χ0) is 13.2. The van der Waals surface area contributed by atoms with E-state index in [-0.39, 0.29) is 0 Å². The van der Waals surface area contributed by atoms with Gasteiger partial charge in [0, 0.05) is 27.0 Å². The molecule has 0 aliphatic rings. The summed E-state index contributed by atoms with van der Waals surface area (Å²) < 4.78 is 1.14. The van der Waals surface area contributed by atoms with E-state index in [0.717, 1.165) is 11.0 Å². The lowest BCUT2D eigenvalue weighted by atomic mass is 10.1. The number of benzene rings is 2. The van der Waals surface area contributed by atoms with Crippen molar-refractivity contribution in [2.75, 3.05) is 5.32 Å². The van der Waals surface area contributed by atoms with E-state index in [1.807, 2.05) is 0 Å². The van der Waals surface area contributed by atoms with Crippen molar-refractivity contribution in [2.24, 2.45) is 0 Å². The standard InChI is InChI=1S/C16H14BrNS/c1-11-8-9-19-16(11)10-18-15-7-6-14(17)12-4-2-3-5-13(12)15/h2-9,18H,10H2,1H3. The number of hydrogen-bond donors (Lipinski definition) is 1. The Kier molecular flexibility index (Phi) is 3.58. The quantitative estimate of drug-likeness (QED) is 0.660. The number of rotatable bonds is 3. The molecule has 3 rings (SSSR count). The molecule has 0 amide bonds. The van der Waals surface area contributed by atoms with E-state index >= 15 is 0 Å². The summed E-state index contributed by atoms with van der Waals surface area (Å²) in [7, 11) is 0. The minimum Gasteiger partial charge on any atom is -0.380 e. The second-order valence-corrected chi connectivity index (χ2v) is 6.38. The first-order valence-corrected chi connectivity index (χ1v) is 7.87. The van der Waals surface area contributed by atoms with Crippen molar-refractivity contribution in [1.82, 2.24) is 0 Å². The van der Waals surface area contributed by atoms with Gasteiger partial charge in [0.05, 0.1) is 0 Å². The fraction of sp³-hybridized carbons (Fsp3) is 0.125. The third-order valence-corrected chi connectivity index (χ3v) is 4.99. The molecule has 2 aromatic carbocycles. The average Bonchev–Trinajstić information content (AvgIpc) is 2.84. The van der Waals surface area contributed by atoms with Gasteiger partial charge in [-0.05, 0) is 41.5 Å². The van der Waals surface area contributed by atoms with Crippen LogP contribution in [0.15, 0.2) is 52.3 Å². The monoisotopic (exact) mass is 331 g/mol. The highest BCUT2D eigenvalue weighted by atomic mass is 79.9. The van der Waals surface area contributed by atoms with Gasteiger partial charge in [-0.1, -0.05) is 40.2 Å². The maximum atomic E-state index is 3.61. The molecule has 0 saturated carbocycles. The summed E-state index contributed by atoms with van der Waals surface area (Å²) in [5.41, 5.74) is 2.55. The van der Waals surface area contributed by atoms with Gasteiger partial charge in [0.2, 0.25) is 0 Å². The van der Waals surface area contributed by atoms with Gasteiger partial charge in [-0.3, -0.25) is 0 Å². The molecule has 0 aliphatic heterocycles. The van der Waals surface area contributed by atoms with Crippen LogP contribution in [-0.4, -0.2) is 0 Å². The van der Waals surface area contributed by atoms with Gasteiger partial charge in [0.1, 0.15) is 0 Å². The summed E-state index contributed by atoms with van der Waals surface area (Å²) in [6, 6.07) is 14.9. The Balaban J connectivity index is 1.93. The van der Waals surface area contributed by atoms with Crippen LogP contribution in [0, 0.1) is 6.92 Å². The lowest BCUT2D eigenvalue weighted by Crippen LogP contribution is -1.99. The van der Waals surface area contributed by atoms with Gasteiger partial charge in [0.25, 0.3) is 0 Å². The van der Waals surface area contributed by atoms with E-state index < -0.39 is 0 Å². The molecular weight excluding hydrogens is 318 g/mol. The molecule has 0 spiro atoms. The first kappa shape index (κ1) is 12.7. The Hall–Kier alpha value is -1.32. The lowest BCUT2D eigenvalue weighted by Gasteiger charge is -2.10. The summed E-state index contributed by atoms with van der Waals surface area (Å²) in [4.78, 5) is 1.40. The van der Waals surface area contributed by atoms with Gasteiger partial charge < -0.3 is 5.32 Å². The van der Waals surface area contributed by atoms with E-state index in [0.29, 0.717) is 0 Å². The molecule has 96 valence electrons. The van der Waals surface area contributed by atoms with Crippen molar-refractivity contribution in [2.45, 2.75) is 13.5 Å². The van der Waals surface area contributed by atoms with E-state index in [1.54, 1.807) is 11.3 Å². The zero-order valence-corrected chi connectivity index (χ0v) is 13.0. The predicted octanol–water partition coefficient (Wildman–Crippen LogP) is 5.58. The summed E-state index contributed by atoms with van der Waals surface area (Å²) in [5, 5.41) is 8.19. The van der Waals surface area contributed by atoms with Gasteiger partial charge in [-0.15, -0.1) is 11.3 Å². The highest BCUT2D eigenvalue weighted by Gasteiger charge is 2.05. The van der Waals surface area contributed by atoms with Crippen molar-refractivity contribution in [3.63, 3.8) is 0 Å². The minimum absolute atomic E-state index is 0.884. The normalized spacial score (nSPS) is 10.8. The largest absolute Gasteiger partial charge is 0.380 e. The van der Waals surface area contributed by atoms with Crippen LogP contribution in [0.1, 0.15) is 10.4 Å². The first-order valence-electron chi connectivity index (χ1n) is 6.20. The fourth-order valence-electron chi connectivity index (χ4n) is 2.18. The Bertz CT molecular complexity index is 718. The highest BCUT2D eigenvalue weighted by Crippen LogP contribution is 2.30. The first-order chi connectivity index (χ1) is 9.25. The number of thiophene rings is 1. The van der Waals surface area contributed by atoms with Crippen LogP contribution in [0.2, 0.25) is 0 Å². The third-order valence-electron chi connectivity index (χ3n) is 3.28. The molecule has 0 aliphatic carbocycles. The SMILES string of the molecule is Cc1ccsc1CNc1ccc(Br)c2ccccc12. The van der Waals surface area contributed by atoms with Gasteiger partial charge in [0.15, 0.2) is 0 Å². The highest BCUT2D eigenvalue weighted by molar-refractivity contribution is 9.10. The lowest BCUT2D eigenvalue weighted by molar-refractivity contribution is 1.17. The predicted molar refractivity (Wildman–Crippen MR) is 88.0 cm³/mol. The molecule has 0 unspecified atom stereocenters. The topological polar surface area (TPSA) is 12.0 Å². The summed E-state index contributed by atoms with van der Waals surface area (Å²) in [6.07, 6.45) is 0. The maximum absolute atomic E-state index is 3.61. The van der Waals surface area contributed by atoms with Crippen molar-refractivity contribution in [1.29, 1.82) is 0 Å². The molecule has 0 atom stereocenters. The molecule has 1 nitrogen and oxygen atoms in total. The van der Waals surface area contributed by atoms with E-state index in [1.165, 1.54) is 26.9 Å². The number of hydrogen-bond acceptors (Lipinski definition) is 2. The zero-order valence-electron chi connectivity index (χ0n) is 10.6. The molecule has 3 heteroatoms. The van der Waals surface area contributed by atoms with Crippen molar-refractivity contribution < 1.29 is 0 Å². The second kappa shape index (κ2) is 5.35. The molecule has 0 fully saturated rings. The van der Waals surface area contributed by atoms with Gasteiger partial charge in [-0.25, -0.2) is 0 Å². The van der Waals surface area contributed by atoms with Crippen molar-refractivity contribution in [3.8, 4) is 0 Å². The molecular formula is C16H14BrNS. The van der Waals surface area contributed by atoms with Crippen LogP contribution in [-0.2, 0) is 6.54 Å². The smallest absolute Gasteiger partial charge is 0.0497 e. The number of fused-ring (bicyclic) bond motifs is 1. The summed E-state index contributed by atoms with van der Waals surface area (Å²) in [5.74, 6) is 0. The Morgan fingerprint density at radius 2 is 1.84 bits per heavy atom. The summed E-state index contributed by atoms with van der Waals surface area (Å²) >= 11 is 5.41. The molecule has 3 aromatic rings. The van der Waals surface area contributed by atoms with Gasteiger partial charge >= 0.3 is 0 Å². The Morgan fingerprint density at radius 1 is 1.05 bits per heavy atom. The molecule has 0 bridgehead atoms. The fourth-order valence-corrected chi connectivity index (χ4v) is 3.50. The van der Waals surface area contributed by atoms with Crippen LogP contribution in [0.5, 0.6) is 0 Å². The molecule has 0 radical (unpaired) electrons. The van der Waals surface area contributed by atoms with Crippen LogP contribution < -0.4 is 5.32 Å². The van der Waals surface area contributed by atoms with E-state index in [4.69, 9.17) is 0 Å². The van der Waals surface area contributed by atoms with Gasteiger partial charge in [-0.2, -0.15) is 0 Å². The maximum Gasteiger partial charge on any atom is 0.0497 e. The number of nitrogens with one attached hydrogen (secondary N) is 1. The number of aryl methyl sites for hydroxylation is 1. The minimum atomic E-state index is 0.884. The Labute approximate surface area is 125 Å². The number of halogens is 1.